The zero-order chi connectivity index (χ0) is 13.3. The summed E-state index contributed by atoms with van der Waals surface area (Å²) in [5.41, 5.74) is 0. The van der Waals surface area contributed by atoms with Crippen LogP contribution in [0.1, 0.15) is 32.1 Å². The number of hydrogen-bond donors (Lipinski definition) is 0. The summed E-state index contributed by atoms with van der Waals surface area (Å²) in [6, 6.07) is 0. The molecule has 0 aromatic carbocycles. The molecule has 0 spiro atoms. The van der Waals surface area contributed by atoms with E-state index in [0.717, 1.165) is 9.85 Å². The molecule has 0 radical (unpaired) electrons. The molecule has 1 fully saturated rings. The van der Waals surface area contributed by atoms with E-state index in [1.807, 2.05) is 0 Å². The molecule has 2 heteroatoms. The molecule has 100 valence electrons. The van der Waals surface area contributed by atoms with Crippen molar-refractivity contribution in [2.75, 3.05) is 0 Å². The average Bonchev–Trinajstić information content (AvgIpc) is 2.15. The summed E-state index contributed by atoms with van der Waals surface area (Å²) in [5, 5.41) is 0. The van der Waals surface area contributed by atoms with Crippen LogP contribution in [0.3, 0.4) is 0 Å². The van der Waals surface area contributed by atoms with Crippen molar-refractivity contribution >= 4 is 36.8 Å². The van der Waals surface area contributed by atoms with Gasteiger partial charge in [-0.1, -0.05) is 0 Å². The molecule has 1 atom stereocenters. The Kier molecular flexibility index (Phi) is 5.97. The third-order valence-corrected chi connectivity index (χ3v) is 20.8. The van der Waals surface area contributed by atoms with Gasteiger partial charge in [0.15, 0.2) is 0 Å². The standard InChI is InChI=1S/C9H14.6CH3.2Sn/c1-2-6-9-7-4-3-5-8-9;;;;;;;;/h6,9H,1,3-5,7-8H2;6*1H3;;. The van der Waals surface area contributed by atoms with E-state index in [0.29, 0.717) is 0 Å². The van der Waals surface area contributed by atoms with Crippen molar-refractivity contribution in [3.05, 3.63) is 10.2 Å². The molecule has 0 N–H and O–H groups in total. The Morgan fingerprint density at radius 1 is 0.941 bits per heavy atom. The maximum atomic E-state index is 4.61. The zero-order valence-electron chi connectivity index (χ0n) is 12.9. The summed E-state index contributed by atoms with van der Waals surface area (Å²) in [4.78, 5) is 15.6. The monoisotopic (exact) mass is 452 g/mol. The first-order valence-electron chi connectivity index (χ1n) is 7.33. The topological polar surface area (TPSA) is 0 Å². The molecule has 0 saturated heterocycles. The molecule has 1 saturated carbocycles. The molecule has 0 nitrogen and oxygen atoms in total. The predicted molar refractivity (Wildman–Crippen MR) is 86.2 cm³/mol. The van der Waals surface area contributed by atoms with E-state index in [1.54, 1.807) is 3.59 Å². The second-order valence-electron chi connectivity index (χ2n) is 8.02. The summed E-state index contributed by atoms with van der Waals surface area (Å²) in [6.07, 6.45) is 7.44. The number of hydrogen-bond acceptors (Lipinski definition) is 0. The van der Waals surface area contributed by atoms with Crippen molar-refractivity contribution in [1.29, 1.82) is 0 Å². The minimum atomic E-state index is -1.91. The Bertz CT molecular complexity index is 262. The molecule has 0 aromatic heterocycles. The molecule has 1 unspecified atom stereocenters. The van der Waals surface area contributed by atoms with Crippen LogP contribution in [0.15, 0.2) is 10.2 Å². The molecule has 17 heavy (non-hydrogen) atoms. The van der Waals surface area contributed by atoms with Gasteiger partial charge in [-0.3, -0.25) is 0 Å². The van der Waals surface area contributed by atoms with Gasteiger partial charge in [0.25, 0.3) is 0 Å². The predicted octanol–water partition coefficient (Wildman–Crippen LogP) is 5.71. The summed E-state index contributed by atoms with van der Waals surface area (Å²) >= 11 is -3.77. The van der Waals surface area contributed by atoms with Crippen molar-refractivity contribution in [2.45, 2.75) is 65.7 Å². The minimum absolute atomic E-state index is 0.986. The summed E-state index contributed by atoms with van der Waals surface area (Å²) < 4.78 is 2.76. The molecular weight excluding hydrogens is 418 g/mol. The normalized spacial score (nSPS) is 21.3. The van der Waals surface area contributed by atoms with Gasteiger partial charge in [0.05, 0.1) is 0 Å². The fourth-order valence-corrected chi connectivity index (χ4v) is 31.3. The van der Waals surface area contributed by atoms with Crippen LogP contribution in [-0.2, 0) is 0 Å². The average molecular weight is 450 g/mol. The Morgan fingerprint density at radius 3 is 1.76 bits per heavy atom. The first-order chi connectivity index (χ1) is 7.64. The van der Waals surface area contributed by atoms with Crippen LogP contribution in [0.25, 0.3) is 0 Å². The molecule has 0 bridgehead atoms. The van der Waals surface area contributed by atoms with Gasteiger partial charge in [-0.2, -0.15) is 0 Å². The van der Waals surface area contributed by atoms with E-state index in [1.165, 1.54) is 32.1 Å². The van der Waals surface area contributed by atoms with Crippen LogP contribution < -0.4 is 0 Å². The molecular formula is C15H32Sn2. The number of rotatable bonds is 4. The molecule has 1 aliphatic carbocycles. The van der Waals surface area contributed by atoms with Crippen LogP contribution in [0.2, 0.25) is 33.6 Å². The van der Waals surface area contributed by atoms with E-state index in [9.17, 15) is 0 Å². The van der Waals surface area contributed by atoms with Crippen LogP contribution in [0, 0.1) is 5.92 Å². The molecule has 0 amide bonds. The van der Waals surface area contributed by atoms with Gasteiger partial charge in [0.1, 0.15) is 0 Å². The van der Waals surface area contributed by atoms with Gasteiger partial charge in [-0.15, -0.1) is 0 Å². The van der Waals surface area contributed by atoms with Crippen molar-refractivity contribution in [3.63, 3.8) is 0 Å². The van der Waals surface area contributed by atoms with Crippen LogP contribution in [0.4, 0.5) is 0 Å². The zero-order valence-corrected chi connectivity index (χ0v) is 18.6. The molecule has 1 aliphatic rings. The maximum absolute atomic E-state index is 4.61. The van der Waals surface area contributed by atoms with Crippen molar-refractivity contribution in [2.24, 2.45) is 5.92 Å². The van der Waals surface area contributed by atoms with E-state index in [4.69, 9.17) is 0 Å². The summed E-state index contributed by atoms with van der Waals surface area (Å²) in [5.74, 6) is 1.02. The van der Waals surface area contributed by atoms with Crippen molar-refractivity contribution in [3.8, 4) is 0 Å². The van der Waals surface area contributed by atoms with Crippen molar-refractivity contribution < 1.29 is 0 Å². The molecule has 0 aromatic rings. The van der Waals surface area contributed by atoms with E-state index in [2.05, 4.69) is 36.2 Å². The second-order valence-corrected chi connectivity index (χ2v) is 38.0. The second kappa shape index (κ2) is 6.19. The van der Waals surface area contributed by atoms with Gasteiger partial charge >= 0.3 is 119 Å². The molecule has 1 rings (SSSR count). The fraction of sp³-hybridized carbons (Fsp3) is 0.867. The third-order valence-electron chi connectivity index (χ3n) is 4.39. The number of allylic oxidation sites excluding steroid dienone is 1. The van der Waals surface area contributed by atoms with Crippen molar-refractivity contribution in [1.82, 2.24) is 0 Å². The van der Waals surface area contributed by atoms with E-state index in [-0.39, 0.29) is 0 Å². The van der Waals surface area contributed by atoms with Gasteiger partial charge in [0, 0.05) is 0 Å². The van der Waals surface area contributed by atoms with Crippen LogP contribution in [0.5, 0.6) is 0 Å². The van der Waals surface area contributed by atoms with Gasteiger partial charge < -0.3 is 0 Å². The Balaban J connectivity index is 2.91. The van der Waals surface area contributed by atoms with Gasteiger partial charge in [-0.25, -0.2) is 0 Å². The Morgan fingerprint density at radius 2 is 1.41 bits per heavy atom. The molecule has 0 aliphatic heterocycles. The summed E-state index contributed by atoms with van der Waals surface area (Å²) in [7, 11) is 0. The van der Waals surface area contributed by atoms with E-state index < -0.39 is 36.8 Å². The van der Waals surface area contributed by atoms with E-state index >= 15 is 0 Å². The third kappa shape index (κ3) is 4.74. The van der Waals surface area contributed by atoms with Crippen LogP contribution in [-0.4, -0.2) is 36.8 Å². The SMILES string of the molecule is C=[C]([CH](C1CCCCC1)[Sn]([CH3])([CH3])[CH3])[Sn]([CH3])([CH3])[CH3]. The van der Waals surface area contributed by atoms with Gasteiger partial charge in [0.2, 0.25) is 0 Å². The molecule has 0 heterocycles. The first kappa shape index (κ1) is 16.4. The van der Waals surface area contributed by atoms with Crippen LogP contribution >= 0.6 is 0 Å². The Hall–Kier alpha value is 1.34. The summed E-state index contributed by atoms with van der Waals surface area (Å²) in [6.45, 7) is 4.61. The fourth-order valence-electron chi connectivity index (χ4n) is 3.45. The Labute approximate surface area is 117 Å². The quantitative estimate of drug-likeness (QED) is 0.482. The van der Waals surface area contributed by atoms with Gasteiger partial charge in [-0.05, 0) is 0 Å². The first-order valence-corrected chi connectivity index (χ1v) is 27.5.